The first kappa shape index (κ1) is 12.9. The standard InChI is InChI=1S/C13H14N2O4/c1-8-6-10(13(16)17)14-15(8)9-4-5-11(18-2)12(7-9)19-3/h4-7H,1-3H3,(H,16,17). The maximum absolute atomic E-state index is 10.9. The zero-order valence-corrected chi connectivity index (χ0v) is 10.9. The monoisotopic (exact) mass is 262 g/mol. The van der Waals surface area contributed by atoms with E-state index in [-0.39, 0.29) is 5.69 Å². The molecule has 0 atom stereocenters. The van der Waals surface area contributed by atoms with E-state index in [1.54, 1.807) is 44.0 Å². The van der Waals surface area contributed by atoms with Crippen molar-refractivity contribution in [1.82, 2.24) is 9.78 Å². The van der Waals surface area contributed by atoms with Crippen LogP contribution in [0.25, 0.3) is 5.69 Å². The Hall–Kier alpha value is -2.50. The summed E-state index contributed by atoms with van der Waals surface area (Å²) in [5, 5.41) is 13.0. The number of methoxy groups -OCH3 is 2. The van der Waals surface area contributed by atoms with Gasteiger partial charge in [0.25, 0.3) is 0 Å². The average Bonchev–Trinajstić information content (AvgIpc) is 2.80. The van der Waals surface area contributed by atoms with E-state index >= 15 is 0 Å². The third-order valence-corrected chi connectivity index (χ3v) is 2.72. The number of ether oxygens (including phenoxy) is 2. The first-order chi connectivity index (χ1) is 9.06. The lowest BCUT2D eigenvalue weighted by atomic mass is 10.2. The minimum atomic E-state index is -1.05. The van der Waals surface area contributed by atoms with E-state index in [0.717, 1.165) is 5.69 Å². The average molecular weight is 262 g/mol. The molecule has 2 rings (SSSR count). The highest BCUT2D eigenvalue weighted by molar-refractivity contribution is 5.85. The van der Waals surface area contributed by atoms with Gasteiger partial charge in [0.2, 0.25) is 0 Å². The van der Waals surface area contributed by atoms with Crippen LogP contribution in [0.1, 0.15) is 16.2 Å². The minimum absolute atomic E-state index is 0.00675. The second-order valence-corrected chi connectivity index (χ2v) is 3.93. The second-order valence-electron chi connectivity index (χ2n) is 3.93. The summed E-state index contributed by atoms with van der Waals surface area (Å²) < 4.78 is 11.9. The van der Waals surface area contributed by atoms with Crippen molar-refractivity contribution in [3.05, 3.63) is 35.7 Å². The van der Waals surface area contributed by atoms with Crippen LogP contribution in [-0.4, -0.2) is 35.1 Å². The summed E-state index contributed by atoms with van der Waals surface area (Å²) >= 11 is 0. The summed E-state index contributed by atoms with van der Waals surface area (Å²) in [6.45, 7) is 1.79. The second kappa shape index (κ2) is 5.01. The zero-order valence-electron chi connectivity index (χ0n) is 10.9. The summed E-state index contributed by atoms with van der Waals surface area (Å²) in [7, 11) is 3.10. The fraction of sp³-hybridized carbons (Fsp3) is 0.231. The number of carboxylic acid groups (broad SMARTS) is 1. The predicted octanol–water partition coefficient (Wildman–Crippen LogP) is 1.90. The lowest BCUT2D eigenvalue weighted by molar-refractivity contribution is 0.0690. The van der Waals surface area contributed by atoms with Gasteiger partial charge in [-0.25, -0.2) is 9.48 Å². The van der Waals surface area contributed by atoms with Crippen molar-refractivity contribution in [3.63, 3.8) is 0 Å². The molecule has 0 saturated carbocycles. The third-order valence-electron chi connectivity index (χ3n) is 2.72. The molecule has 1 aromatic heterocycles. The molecule has 0 aliphatic rings. The molecule has 0 amide bonds. The van der Waals surface area contributed by atoms with Gasteiger partial charge in [-0.2, -0.15) is 5.10 Å². The lowest BCUT2D eigenvalue weighted by Crippen LogP contribution is -2.03. The molecule has 6 nitrogen and oxygen atoms in total. The molecule has 19 heavy (non-hydrogen) atoms. The van der Waals surface area contributed by atoms with Crippen molar-refractivity contribution in [3.8, 4) is 17.2 Å². The Morgan fingerprint density at radius 1 is 1.21 bits per heavy atom. The van der Waals surface area contributed by atoms with Gasteiger partial charge in [-0.05, 0) is 25.1 Å². The number of hydrogen-bond acceptors (Lipinski definition) is 4. The van der Waals surface area contributed by atoms with Crippen LogP contribution in [0.4, 0.5) is 0 Å². The van der Waals surface area contributed by atoms with Crippen LogP contribution in [0, 0.1) is 6.92 Å². The highest BCUT2D eigenvalue weighted by Crippen LogP contribution is 2.29. The number of hydrogen-bond donors (Lipinski definition) is 1. The lowest BCUT2D eigenvalue weighted by Gasteiger charge is -2.10. The number of carbonyl (C=O) groups is 1. The number of aryl methyl sites for hydroxylation is 1. The van der Waals surface area contributed by atoms with E-state index < -0.39 is 5.97 Å². The van der Waals surface area contributed by atoms with Gasteiger partial charge in [-0.3, -0.25) is 0 Å². The molecule has 100 valence electrons. The van der Waals surface area contributed by atoms with Crippen molar-refractivity contribution in [2.45, 2.75) is 6.92 Å². The number of rotatable bonds is 4. The molecule has 0 radical (unpaired) electrons. The van der Waals surface area contributed by atoms with E-state index in [4.69, 9.17) is 14.6 Å². The first-order valence-electron chi connectivity index (χ1n) is 5.59. The van der Waals surface area contributed by atoms with Crippen molar-refractivity contribution >= 4 is 5.97 Å². The van der Waals surface area contributed by atoms with E-state index in [9.17, 15) is 4.79 Å². The van der Waals surface area contributed by atoms with Crippen LogP contribution in [0.15, 0.2) is 24.3 Å². The van der Waals surface area contributed by atoms with Gasteiger partial charge >= 0.3 is 5.97 Å². The van der Waals surface area contributed by atoms with Gasteiger partial charge in [0, 0.05) is 11.8 Å². The largest absolute Gasteiger partial charge is 0.493 e. The minimum Gasteiger partial charge on any atom is -0.493 e. The molecule has 0 unspecified atom stereocenters. The Kier molecular flexibility index (Phi) is 3.41. The van der Waals surface area contributed by atoms with Gasteiger partial charge in [-0.1, -0.05) is 0 Å². The Balaban J connectivity index is 2.50. The Morgan fingerprint density at radius 2 is 1.89 bits per heavy atom. The van der Waals surface area contributed by atoms with Crippen molar-refractivity contribution in [2.75, 3.05) is 14.2 Å². The van der Waals surface area contributed by atoms with Gasteiger partial charge in [0.05, 0.1) is 19.9 Å². The fourth-order valence-electron chi connectivity index (χ4n) is 1.80. The van der Waals surface area contributed by atoms with Crippen molar-refractivity contribution in [2.24, 2.45) is 0 Å². The van der Waals surface area contributed by atoms with E-state index in [2.05, 4.69) is 5.10 Å². The first-order valence-corrected chi connectivity index (χ1v) is 5.59. The van der Waals surface area contributed by atoms with Gasteiger partial charge < -0.3 is 14.6 Å². The van der Waals surface area contributed by atoms with Crippen LogP contribution in [0.5, 0.6) is 11.5 Å². The summed E-state index contributed by atoms with van der Waals surface area (Å²) in [6, 6.07) is 6.78. The zero-order chi connectivity index (χ0) is 14.0. The number of aromatic nitrogens is 2. The molecule has 6 heteroatoms. The number of carboxylic acids is 1. The molecule has 0 aliphatic heterocycles. The fourth-order valence-corrected chi connectivity index (χ4v) is 1.80. The molecule has 0 bridgehead atoms. The van der Waals surface area contributed by atoms with E-state index in [1.807, 2.05) is 0 Å². The molecule has 0 fully saturated rings. The third kappa shape index (κ3) is 2.37. The number of benzene rings is 1. The maximum atomic E-state index is 10.9. The highest BCUT2D eigenvalue weighted by atomic mass is 16.5. The molecule has 0 spiro atoms. The van der Waals surface area contributed by atoms with Crippen LogP contribution < -0.4 is 9.47 Å². The smallest absolute Gasteiger partial charge is 0.356 e. The topological polar surface area (TPSA) is 73.6 Å². The molecule has 1 heterocycles. The van der Waals surface area contributed by atoms with E-state index in [0.29, 0.717) is 17.2 Å². The Labute approximate surface area is 110 Å². The Morgan fingerprint density at radius 3 is 2.42 bits per heavy atom. The summed E-state index contributed by atoms with van der Waals surface area (Å²) in [6.07, 6.45) is 0. The van der Waals surface area contributed by atoms with Gasteiger partial charge in [0.1, 0.15) is 0 Å². The molecule has 0 saturated heterocycles. The number of aromatic carboxylic acids is 1. The molecule has 1 N–H and O–H groups in total. The van der Waals surface area contributed by atoms with Gasteiger partial charge in [0.15, 0.2) is 17.2 Å². The summed E-state index contributed by atoms with van der Waals surface area (Å²) in [4.78, 5) is 10.9. The molecule has 1 aromatic carbocycles. The van der Waals surface area contributed by atoms with Crippen molar-refractivity contribution in [1.29, 1.82) is 0 Å². The summed E-state index contributed by atoms with van der Waals surface area (Å²) in [5.74, 6) is 0.114. The van der Waals surface area contributed by atoms with Crippen LogP contribution in [-0.2, 0) is 0 Å². The number of nitrogens with zero attached hydrogens (tertiary/aromatic N) is 2. The molecular weight excluding hydrogens is 248 g/mol. The normalized spacial score (nSPS) is 10.3. The van der Waals surface area contributed by atoms with Crippen LogP contribution in [0.3, 0.4) is 0 Å². The highest BCUT2D eigenvalue weighted by Gasteiger charge is 2.13. The molecular formula is C13H14N2O4. The Bertz CT molecular complexity index is 619. The predicted molar refractivity (Wildman–Crippen MR) is 68.4 cm³/mol. The SMILES string of the molecule is COc1ccc(-n2nc(C(=O)O)cc2C)cc1OC. The van der Waals surface area contributed by atoms with Crippen molar-refractivity contribution < 1.29 is 19.4 Å². The maximum Gasteiger partial charge on any atom is 0.356 e. The molecule has 0 aliphatic carbocycles. The van der Waals surface area contributed by atoms with Crippen LogP contribution in [0.2, 0.25) is 0 Å². The van der Waals surface area contributed by atoms with Gasteiger partial charge in [-0.15, -0.1) is 0 Å². The van der Waals surface area contributed by atoms with Crippen LogP contribution >= 0.6 is 0 Å². The quantitative estimate of drug-likeness (QED) is 0.910. The van der Waals surface area contributed by atoms with E-state index in [1.165, 1.54) is 6.07 Å². The molecule has 2 aromatic rings. The summed E-state index contributed by atoms with van der Waals surface area (Å²) in [5.41, 5.74) is 1.44.